The first-order valence-electron chi connectivity index (χ1n) is 12.6. The number of nitrogens with one attached hydrogen (secondary N) is 2. The molecule has 0 saturated heterocycles. The molecule has 2 atom stereocenters. The summed E-state index contributed by atoms with van der Waals surface area (Å²) in [5.41, 5.74) is 1.83. The number of rotatable bonds is 12. The van der Waals surface area contributed by atoms with E-state index < -0.39 is 18.1 Å². The predicted octanol–water partition coefficient (Wildman–Crippen LogP) is 4.93. The Morgan fingerprint density at radius 1 is 1.06 bits per heavy atom. The van der Waals surface area contributed by atoms with Crippen molar-refractivity contribution in [2.24, 2.45) is 11.8 Å². The van der Waals surface area contributed by atoms with Gasteiger partial charge in [-0.3, -0.25) is 9.59 Å². The van der Waals surface area contributed by atoms with Crippen LogP contribution in [0.2, 0.25) is 0 Å². The molecule has 2 amide bonds. The molecule has 0 unspecified atom stereocenters. The Bertz CT molecular complexity index is 788. The number of esters is 1. The van der Waals surface area contributed by atoms with Gasteiger partial charge in [0.25, 0.3) is 5.91 Å². The van der Waals surface area contributed by atoms with Crippen LogP contribution in [0.15, 0.2) is 24.3 Å². The minimum absolute atomic E-state index is 0.127. The molecule has 7 heteroatoms. The van der Waals surface area contributed by atoms with Crippen LogP contribution in [0, 0.1) is 11.8 Å². The lowest BCUT2D eigenvalue weighted by Crippen LogP contribution is -2.53. The largest absolute Gasteiger partial charge is 0.467 e. The summed E-state index contributed by atoms with van der Waals surface area (Å²) >= 11 is 1.60. The van der Waals surface area contributed by atoms with E-state index in [1.54, 1.807) is 11.8 Å². The third-order valence-corrected chi connectivity index (χ3v) is 7.48. The quantitative estimate of drug-likeness (QED) is 0.406. The molecule has 2 N–H and O–H groups in total. The summed E-state index contributed by atoms with van der Waals surface area (Å²) in [5, 5.41) is 5.63. The van der Waals surface area contributed by atoms with Crippen LogP contribution in [-0.2, 0) is 14.3 Å². The normalized spacial score (nSPS) is 19.8. The van der Waals surface area contributed by atoms with Gasteiger partial charge in [0, 0.05) is 5.56 Å². The maximum atomic E-state index is 12.9. The van der Waals surface area contributed by atoms with Crippen LogP contribution in [0.5, 0.6) is 0 Å². The molecule has 0 radical (unpaired) electrons. The average molecular weight is 491 g/mol. The number of methoxy groups -OCH3 is 1. The van der Waals surface area contributed by atoms with Crippen molar-refractivity contribution in [1.29, 1.82) is 0 Å². The summed E-state index contributed by atoms with van der Waals surface area (Å²) in [6.45, 7) is 5.94. The van der Waals surface area contributed by atoms with E-state index in [0.29, 0.717) is 23.7 Å². The van der Waals surface area contributed by atoms with Gasteiger partial charge in [-0.05, 0) is 79.6 Å². The van der Waals surface area contributed by atoms with Crippen LogP contribution >= 0.6 is 11.8 Å². The molecule has 0 aromatic heterocycles. The van der Waals surface area contributed by atoms with Gasteiger partial charge in [-0.15, -0.1) is 0 Å². The summed E-state index contributed by atoms with van der Waals surface area (Å²) in [5.74, 6) is 0.880. The molecular weight excluding hydrogens is 448 g/mol. The second-order valence-corrected chi connectivity index (χ2v) is 10.7. The number of thioether (sulfide) groups is 1. The van der Waals surface area contributed by atoms with Gasteiger partial charge in [0.2, 0.25) is 5.91 Å². The first-order chi connectivity index (χ1) is 16.3. The van der Waals surface area contributed by atoms with Crippen LogP contribution in [0.3, 0.4) is 0 Å². The molecule has 34 heavy (non-hydrogen) atoms. The zero-order valence-corrected chi connectivity index (χ0v) is 22.2. The van der Waals surface area contributed by atoms with Gasteiger partial charge in [-0.1, -0.05) is 45.7 Å². The van der Waals surface area contributed by atoms with Gasteiger partial charge in [0.1, 0.15) is 12.1 Å². The second-order valence-electron chi connectivity index (χ2n) is 9.69. The molecular formula is C27H42N2O4S. The van der Waals surface area contributed by atoms with Crippen molar-refractivity contribution >= 4 is 29.5 Å². The molecule has 1 saturated carbocycles. The Kier molecular flexibility index (Phi) is 11.9. The topological polar surface area (TPSA) is 84.5 Å². The zero-order valence-electron chi connectivity index (χ0n) is 21.4. The number of hydrogen-bond donors (Lipinski definition) is 2. The van der Waals surface area contributed by atoms with Gasteiger partial charge in [0.15, 0.2) is 0 Å². The highest BCUT2D eigenvalue weighted by Gasteiger charge is 2.29. The molecule has 0 aliphatic heterocycles. The minimum Gasteiger partial charge on any atom is -0.467 e. The van der Waals surface area contributed by atoms with Crippen molar-refractivity contribution in [3.8, 4) is 0 Å². The Balaban J connectivity index is 2.01. The third-order valence-electron chi connectivity index (χ3n) is 6.84. The lowest BCUT2D eigenvalue weighted by atomic mass is 9.77. The third kappa shape index (κ3) is 8.33. The van der Waals surface area contributed by atoms with Gasteiger partial charge in [0.05, 0.1) is 7.11 Å². The van der Waals surface area contributed by atoms with E-state index in [2.05, 4.69) is 29.7 Å². The fraction of sp³-hybridized carbons (Fsp3) is 0.667. The predicted molar refractivity (Wildman–Crippen MR) is 139 cm³/mol. The fourth-order valence-electron chi connectivity index (χ4n) is 4.72. The summed E-state index contributed by atoms with van der Waals surface area (Å²) < 4.78 is 4.82. The van der Waals surface area contributed by atoms with Crippen molar-refractivity contribution in [2.75, 3.05) is 19.1 Å². The van der Waals surface area contributed by atoms with Gasteiger partial charge in [-0.2, -0.15) is 11.8 Å². The Labute approximate surface area is 209 Å². The van der Waals surface area contributed by atoms with Gasteiger partial charge < -0.3 is 15.4 Å². The van der Waals surface area contributed by atoms with Crippen LogP contribution in [-0.4, -0.2) is 49.0 Å². The lowest BCUT2D eigenvalue weighted by molar-refractivity contribution is -0.146. The molecule has 1 aromatic carbocycles. The van der Waals surface area contributed by atoms with Gasteiger partial charge in [-0.25, -0.2) is 4.79 Å². The smallest absolute Gasteiger partial charge is 0.328 e. The van der Waals surface area contributed by atoms with E-state index in [0.717, 1.165) is 5.92 Å². The molecule has 190 valence electrons. The number of carbonyl (C=O) groups is 3. The molecule has 6 nitrogen and oxygen atoms in total. The van der Waals surface area contributed by atoms with E-state index in [4.69, 9.17) is 4.74 Å². The van der Waals surface area contributed by atoms with Crippen molar-refractivity contribution < 1.29 is 19.1 Å². The summed E-state index contributed by atoms with van der Waals surface area (Å²) in [4.78, 5) is 37.9. The SMILES string of the molecule is CCCC1CCC(c2ccc(C(=O)N[C@@H](CCSC)C(=O)N[C@H](C(=O)OC)C(C)C)cc2)CC1. The van der Waals surface area contributed by atoms with Crippen LogP contribution in [0.1, 0.15) is 87.6 Å². The highest BCUT2D eigenvalue weighted by molar-refractivity contribution is 7.98. The van der Waals surface area contributed by atoms with Crippen LogP contribution in [0.4, 0.5) is 0 Å². The maximum absolute atomic E-state index is 12.9. The highest BCUT2D eigenvalue weighted by atomic mass is 32.2. The number of hydrogen-bond acceptors (Lipinski definition) is 5. The van der Waals surface area contributed by atoms with Crippen molar-refractivity contribution in [3.63, 3.8) is 0 Å². The standard InChI is InChI=1S/C27H42N2O4S/c1-6-7-19-8-10-20(11-9-19)21-12-14-22(15-13-21)25(30)28-23(16-17-34-5)26(31)29-24(18(2)3)27(32)33-4/h12-15,18-20,23-24H,6-11,16-17H2,1-5H3,(H,28,30)(H,29,31)/t19?,20?,23-,24-/m0/s1. The number of benzene rings is 1. The molecule has 0 bridgehead atoms. The van der Waals surface area contributed by atoms with E-state index in [9.17, 15) is 14.4 Å². The minimum atomic E-state index is -0.752. The molecule has 1 aliphatic rings. The monoisotopic (exact) mass is 490 g/mol. The van der Waals surface area contributed by atoms with Crippen molar-refractivity contribution in [2.45, 2.75) is 83.7 Å². The lowest BCUT2D eigenvalue weighted by Gasteiger charge is -2.28. The Hall–Kier alpha value is -2.02. The van der Waals surface area contributed by atoms with E-state index in [-0.39, 0.29) is 17.7 Å². The number of ether oxygens (including phenoxy) is 1. The zero-order chi connectivity index (χ0) is 25.1. The van der Waals surface area contributed by atoms with Gasteiger partial charge >= 0.3 is 5.97 Å². The van der Waals surface area contributed by atoms with Crippen LogP contribution < -0.4 is 10.6 Å². The highest BCUT2D eigenvalue weighted by Crippen LogP contribution is 2.37. The molecule has 0 heterocycles. The summed E-state index contributed by atoms with van der Waals surface area (Å²) in [6, 6.07) is 6.36. The Morgan fingerprint density at radius 2 is 1.71 bits per heavy atom. The summed E-state index contributed by atoms with van der Waals surface area (Å²) in [7, 11) is 1.30. The number of amides is 2. The number of carbonyl (C=O) groups excluding carboxylic acids is 3. The first kappa shape index (κ1) is 28.2. The van der Waals surface area contributed by atoms with Crippen molar-refractivity contribution in [1.82, 2.24) is 10.6 Å². The molecule has 2 rings (SSSR count). The van der Waals surface area contributed by atoms with E-state index in [1.807, 2.05) is 32.2 Å². The van der Waals surface area contributed by atoms with Crippen molar-refractivity contribution in [3.05, 3.63) is 35.4 Å². The van der Waals surface area contributed by atoms with E-state index >= 15 is 0 Å². The van der Waals surface area contributed by atoms with E-state index in [1.165, 1.54) is 51.2 Å². The summed E-state index contributed by atoms with van der Waals surface area (Å²) in [6.07, 6.45) is 10.0. The molecule has 0 spiro atoms. The Morgan fingerprint density at radius 3 is 2.24 bits per heavy atom. The molecule has 1 fully saturated rings. The maximum Gasteiger partial charge on any atom is 0.328 e. The van der Waals surface area contributed by atoms with Crippen LogP contribution in [0.25, 0.3) is 0 Å². The molecule has 1 aromatic rings. The fourth-order valence-corrected chi connectivity index (χ4v) is 5.20. The average Bonchev–Trinajstić information content (AvgIpc) is 2.84. The first-order valence-corrected chi connectivity index (χ1v) is 14.0. The second kappa shape index (κ2) is 14.4. The molecule has 1 aliphatic carbocycles.